The second kappa shape index (κ2) is 15.6. The van der Waals surface area contributed by atoms with Gasteiger partial charge < -0.3 is 36.3 Å². The summed E-state index contributed by atoms with van der Waals surface area (Å²) in [5.74, 6) is 0.375. The number of nitrogens with zero attached hydrogens (tertiary/aromatic N) is 1. The molecule has 11 atom stereocenters. The van der Waals surface area contributed by atoms with Crippen molar-refractivity contribution in [3.05, 3.63) is 35.9 Å². The van der Waals surface area contributed by atoms with E-state index in [1.807, 2.05) is 0 Å². The number of ether oxygens (including phenoxy) is 3. The molecular weight excluding hydrogens is 608 g/mol. The Hall–Kier alpha value is -2.53. The molecule has 4 saturated carbocycles. The van der Waals surface area contributed by atoms with Gasteiger partial charge in [0.2, 0.25) is 0 Å². The molecular formula is C38H60N4O6. The van der Waals surface area contributed by atoms with Crippen LogP contribution in [-0.2, 0) is 35.1 Å². The number of carbonyl (C=O) groups is 3. The molecule has 4 aliphatic carbocycles. The Labute approximate surface area is 287 Å². The van der Waals surface area contributed by atoms with Crippen LogP contribution in [0.15, 0.2) is 30.3 Å². The Morgan fingerprint density at radius 2 is 1.54 bits per heavy atom. The Balaban J connectivity index is 1.38. The first-order valence-corrected chi connectivity index (χ1v) is 18.4. The lowest BCUT2D eigenvalue weighted by Crippen LogP contribution is -2.63. The zero-order chi connectivity index (χ0) is 34.6. The van der Waals surface area contributed by atoms with Crippen molar-refractivity contribution in [2.24, 2.45) is 63.5 Å². The Morgan fingerprint density at radius 1 is 0.875 bits per heavy atom. The van der Waals surface area contributed by atoms with E-state index in [9.17, 15) is 14.4 Å². The van der Waals surface area contributed by atoms with E-state index in [1.54, 1.807) is 0 Å². The highest BCUT2D eigenvalue weighted by Crippen LogP contribution is 2.69. The van der Waals surface area contributed by atoms with Gasteiger partial charge in [0.05, 0.1) is 19.6 Å². The van der Waals surface area contributed by atoms with Crippen LogP contribution in [0.25, 0.3) is 0 Å². The number of nitrogens with two attached hydrogens (primary N) is 3. The topological polar surface area (TPSA) is 160 Å². The Morgan fingerprint density at radius 3 is 2.23 bits per heavy atom. The van der Waals surface area contributed by atoms with Crippen LogP contribution in [0.3, 0.4) is 0 Å². The van der Waals surface area contributed by atoms with E-state index < -0.39 is 0 Å². The Bertz CT molecular complexity index is 1260. The van der Waals surface area contributed by atoms with Crippen LogP contribution < -0.4 is 17.2 Å². The zero-order valence-corrected chi connectivity index (χ0v) is 29.6. The fourth-order valence-corrected chi connectivity index (χ4v) is 11.0. The van der Waals surface area contributed by atoms with Gasteiger partial charge in [0.1, 0.15) is 18.3 Å². The second-order valence-electron chi connectivity index (χ2n) is 15.9. The lowest BCUT2D eigenvalue weighted by molar-refractivity contribution is -0.225. The van der Waals surface area contributed by atoms with Gasteiger partial charge in [-0.3, -0.25) is 14.4 Å². The average Bonchev–Trinajstić information content (AvgIpc) is 3.43. The minimum absolute atomic E-state index is 0.0797. The number of hydrogen-bond donors (Lipinski definition) is 3. The highest BCUT2D eigenvalue weighted by atomic mass is 16.6. The van der Waals surface area contributed by atoms with Gasteiger partial charge in [-0.15, -0.1) is 0 Å². The van der Waals surface area contributed by atoms with Gasteiger partial charge in [-0.2, -0.15) is 0 Å². The van der Waals surface area contributed by atoms with Crippen molar-refractivity contribution in [3.8, 4) is 0 Å². The van der Waals surface area contributed by atoms with E-state index in [-0.39, 0.29) is 90.4 Å². The molecule has 0 aliphatic heterocycles. The minimum Gasteiger partial charge on any atom is -0.461 e. The van der Waals surface area contributed by atoms with Crippen LogP contribution in [0.2, 0.25) is 0 Å². The van der Waals surface area contributed by atoms with E-state index >= 15 is 0 Å². The molecule has 4 aliphatic rings. The molecule has 0 aromatic heterocycles. The van der Waals surface area contributed by atoms with Crippen molar-refractivity contribution >= 4 is 17.9 Å². The van der Waals surface area contributed by atoms with Gasteiger partial charge in [0, 0.05) is 17.9 Å². The van der Waals surface area contributed by atoms with Gasteiger partial charge in [-0.05, 0) is 112 Å². The summed E-state index contributed by atoms with van der Waals surface area (Å²) in [4.78, 5) is 40.2. The maximum Gasteiger partial charge on any atom is 0.319 e. The smallest absolute Gasteiger partial charge is 0.319 e. The van der Waals surface area contributed by atoms with Crippen LogP contribution in [-0.4, -0.2) is 74.3 Å². The summed E-state index contributed by atoms with van der Waals surface area (Å²) in [6.07, 6.45) is 7.26. The molecule has 0 spiro atoms. The number of fused-ring (bicyclic) bond motifs is 5. The molecule has 0 bridgehead atoms. The number of hydrogen-bond acceptors (Lipinski definition) is 10. The number of benzene rings is 1. The standard InChI is InChI=1S/C38H60N4O6/c1-24(9-8-16-42(4)23-25-10-6-5-7-11-25)28-12-13-29-36-30(19-32(38(28,29)3)48-35(45)22-41)37(2)15-14-27(46-33(43)20-39)17-26(37)18-31(36)47-34(44)21-40/h5-7,10-11,24,26-32,36H,8-9,12-23,39-41H2,1-4H3/t24-,26?,27-,28?,29+,30+,31-,32+,36?,37?,38?/m1/s1. The van der Waals surface area contributed by atoms with Crippen molar-refractivity contribution in [2.75, 3.05) is 33.2 Å². The van der Waals surface area contributed by atoms with Gasteiger partial charge in [0.15, 0.2) is 0 Å². The molecule has 5 rings (SSSR count). The van der Waals surface area contributed by atoms with Gasteiger partial charge >= 0.3 is 17.9 Å². The summed E-state index contributed by atoms with van der Waals surface area (Å²) >= 11 is 0. The van der Waals surface area contributed by atoms with Crippen LogP contribution in [0.1, 0.15) is 84.1 Å². The average molecular weight is 669 g/mol. The lowest BCUT2D eigenvalue weighted by atomic mass is 9.43. The molecule has 0 heterocycles. The molecule has 0 radical (unpaired) electrons. The van der Waals surface area contributed by atoms with Gasteiger partial charge in [0.25, 0.3) is 0 Å². The van der Waals surface area contributed by atoms with Crippen molar-refractivity contribution in [3.63, 3.8) is 0 Å². The monoisotopic (exact) mass is 668 g/mol. The van der Waals surface area contributed by atoms with Crippen molar-refractivity contribution < 1.29 is 28.6 Å². The lowest BCUT2D eigenvalue weighted by Gasteiger charge is -2.64. The molecule has 268 valence electrons. The highest BCUT2D eigenvalue weighted by molar-refractivity contribution is 5.72. The number of carbonyl (C=O) groups excluding carboxylic acids is 3. The largest absolute Gasteiger partial charge is 0.461 e. The SMILES string of the molecule is C[C@H](CCCN(C)Cc1ccccc1)C1CC[C@H]2C3[C@H](OC(=O)CN)CC4C[C@H](OC(=O)CN)CCC4(C)[C@H]3C[C@H](OC(=O)CN)C12C. The summed E-state index contributed by atoms with van der Waals surface area (Å²) in [5, 5.41) is 0. The number of rotatable bonds is 13. The van der Waals surface area contributed by atoms with E-state index in [0.29, 0.717) is 31.1 Å². The molecule has 1 aromatic carbocycles. The Kier molecular flexibility index (Phi) is 11.9. The maximum atomic E-state index is 12.9. The van der Waals surface area contributed by atoms with Crippen LogP contribution >= 0.6 is 0 Å². The fraction of sp³-hybridized carbons (Fsp3) is 0.763. The van der Waals surface area contributed by atoms with E-state index in [0.717, 1.165) is 51.6 Å². The molecule has 10 heteroatoms. The summed E-state index contributed by atoms with van der Waals surface area (Å²) in [5.41, 5.74) is 18.2. The molecule has 1 aromatic rings. The summed E-state index contributed by atoms with van der Waals surface area (Å²) in [6.45, 7) is 8.57. The normalized spacial score (nSPS) is 36.3. The molecule has 6 N–H and O–H groups in total. The van der Waals surface area contributed by atoms with Crippen LogP contribution in [0.4, 0.5) is 0 Å². The molecule has 4 fully saturated rings. The third-order valence-corrected chi connectivity index (χ3v) is 13.3. The summed E-state index contributed by atoms with van der Waals surface area (Å²) < 4.78 is 18.3. The van der Waals surface area contributed by atoms with Gasteiger partial charge in [-0.1, -0.05) is 51.1 Å². The first-order valence-electron chi connectivity index (χ1n) is 18.4. The molecule has 0 amide bonds. The van der Waals surface area contributed by atoms with Crippen molar-refractivity contribution in [2.45, 2.75) is 103 Å². The predicted molar refractivity (Wildman–Crippen MR) is 184 cm³/mol. The van der Waals surface area contributed by atoms with Crippen LogP contribution in [0, 0.1) is 46.3 Å². The fourth-order valence-electron chi connectivity index (χ4n) is 11.0. The summed E-state index contributed by atoms with van der Waals surface area (Å²) in [7, 11) is 2.18. The van der Waals surface area contributed by atoms with Gasteiger partial charge in [-0.25, -0.2) is 0 Å². The maximum absolute atomic E-state index is 12.9. The first kappa shape index (κ1) is 36.7. The number of esters is 3. The van der Waals surface area contributed by atoms with E-state index in [4.69, 9.17) is 31.4 Å². The quantitative estimate of drug-likeness (QED) is 0.207. The molecule has 0 saturated heterocycles. The zero-order valence-electron chi connectivity index (χ0n) is 29.6. The highest BCUT2D eigenvalue weighted by Gasteiger charge is 2.67. The van der Waals surface area contributed by atoms with E-state index in [1.165, 1.54) is 5.56 Å². The third-order valence-electron chi connectivity index (χ3n) is 13.3. The van der Waals surface area contributed by atoms with Crippen LogP contribution in [0.5, 0.6) is 0 Å². The van der Waals surface area contributed by atoms with E-state index in [2.05, 4.69) is 63.1 Å². The summed E-state index contributed by atoms with van der Waals surface area (Å²) in [6, 6.07) is 10.6. The molecule has 10 nitrogen and oxygen atoms in total. The molecule has 48 heavy (non-hydrogen) atoms. The first-order chi connectivity index (χ1) is 22.9. The van der Waals surface area contributed by atoms with Crippen molar-refractivity contribution in [1.29, 1.82) is 0 Å². The predicted octanol–water partition coefficient (Wildman–Crippen LogP) is 4.02. The second-order valence-corrected chi connectivity index (χ2v) is 15.9. The molecule has 5 unspecified atom stereocenters. The third kappa shape index (κ3) is 7.47. The minimum atomic E-state index is -0.389. The van der Waals surface area contributed by atoms with Crippen molar-refractivity contribution in [1.82, 2.24) is 4.90 Å².